The van der Waals surface area contributed by atoms with Gasteiger partial charge < -0.3 is 9.72 Å². The minimum Gasteiger partial charge on any atom is -0.497 e. The van der Waals surface area contributed by atoms with Crippen molar-refractivity contribution in [2.75, 3.05) is 7.11 Å². The highest BCUT2D eigenvalue weighted by atomic mass is 32.2. The van der Waals surface area contributed by atoms with E-state index in [1.807, 2.05) is 60.1 Å². The fourth-order valence-electron chi connectivity index (χ4n) is 3.55. The van der Waals surface area contributed by atoms with Crippen molar-refractivity contribution >= 4 is 28.2 Å². The Morgan fingerprint density at radius 1 is 1.10 bits per heavy atom. The minimum absolute atomic E-state index is 0.0747. The molecule has 0 saturated heterocycles. The van der Waals surface area contributed by atoms with E-state index in [0.717, 1.165) is 50.1 Å². The van der Waals surface area contributed by atoms with Crippen molar-refractivity contribution in [3.05, 3.63) is 72.3 Å². The van der Waals surface area contributed by atoms with Crippen LogP contribution in [0.4, 0.5) is 0 Å². The fraction of sp³-hybridized carbons (Fsp3) is 0.174. The van der Waals surface area contributed by atoms with E-state index in [-0.39, 0.29) is 5.25 Å². The lowest BCUT2D eigenvalue weighted by Crippen LogP contribution is -2.00. The molecule has 5 rings (SSSR count). The van der Waals surface area contributed by atoms with E-state index < -0.39 is 0 Å². The van der Waals surface area contributed by atoms with Crippen molar-refractivity contribution in [1.29, 1.82) is 0 Å². The number of aromatic nitrogens is 5. The first-order valence-electron chi connectivity index (χ1n) is 9.73. The summed E-state index contributed by atoms with van der Waals surface area (Å²) in [6, 6.07) is 18.2. The van der Waals surface area contributed by atoms with E-state index in [2.05, 4.69) is 34.1 Å². The van der Waals surface area contributed by atoms with Gasteiger partial charge in [-0.15, -0.1) is 0 Å². The highest BCUT2D eigenvalue weighted by molar-refractivity contribution is 7.99. The van der Waals surface area contributed by atoms with E-state index in [1.165, 1.54) is 0 Å². The number of ether oxygens (including phenoxy) is 1. The number of nitrogens with zero attached hydrogens (tertiary/aromatic N) is 4. The number of hydrogen-bond acceptors (Lipinski definition) is 5. The normalized spacial score (nSPS) is 12.5. The Morgan fingerprint density at radius 3 is 2.83 bits per heavy atom. The number of rotatable bonds is 5. The summed E-state index contributed by atoms with van der Waals surface area (Å²) in [5, 5.41) is 6.70. The molecule has 6 nitrogen and oxygen atoms in total. The summed E-state index contributed by atoms with van der Waals surface area (Å²) in [7, 11) is 1.67. The van der Waals surface area contributed by atoms with E-state index >= 15 is 0 Å². The summed E-state index contributed by atoms with van der Waals surface area (Å²) in [5.41, 5.74) is 5.02. The molecule has 0 fully saturated rings. The number of fused-ring (bicyclic) bond motifs is 3. The van der Waals surface area contributed by atoms with Gasteiger partial charge in [0.05, 0.1) is 41.0 Å². The molecular weight excluding hydrogens is 394 g/mol. The maximum Gasteiger partial charge on any atom is 0.190 e. The number of methoxy groups -OCH3 is 1. The molecule has 150 valence electrons. The van der Waals surface area contributed by atoms with Gasteiger partial charge in [-0.2, -0.15) is 5.10 Å². The van der Waals surface area contributed by atoms with Gasteiger partial charge in [-0.05, 0) is 38.1 Å². The maximum atomic E-state index is 5.33. The van der Waals surface area contributed by atoms with Crippen molar-refractivity contribution < 1.29 is 4.74 Å². The van der Waals surface area contributed by atoms with Gasteiger partial charge in [-0.25, -0.2) is 14.5 Å². The Bertz CT molecular complexity index is 1360. The molecule has 0 saturated carbocycles. The lowest BCUT2D eigenvalue weighted by molar-refractivity contribution is 0.415. The van der Waals surface area contributed by atoms with Crippen molar-refractivity contribution in [3.8, 4) is 17.0 Å². The summed E-state index contributed by atoms with van der Waals surface area (Å²) in [4.78, 5) is 12.9. The molecule has 0 radical (unpaired) electrons. The lowest BCUT2D eigenvalue weighted by Gasteiger charge is -2.11. The van der Waals surface area contributed by atoms with E-state index in [0.29, 0.717) is 0 Å². The third-order valence-electron chi connectivity index (χ3n) is 5.05. The summed E-state index contributed by atoms with van der Waals surface area (Å²) in [6.07, 6.45) is 1.86. The van der Waals surface area contributed by atoms with Crippen LogP contribution in [-0.4, -0.2) is 31.7 Å². The summed E-state index contributed by atoms with van der Waals surface area (Å²) in [6.45, 7) is 4.13. The highest BCUT2D eigenvalue weighted by Crippen LogP contribution is 2.35. The van der Waals surface area contributed by atoms with Crippen LogP contribution in [0.25, 0.3) is 27.7 Å². The fourth-order valence-corrected chi connectivity index (χ4v) is 4.48. The monoisotopic (exact) mass is 415 g/mol. The predicted octanol–water partition coefficient (Wildman–Crippen LogP) is 5.44. The largest absolute Gasteiger partial charge is 0.497 e. The van der Waals surface area contributed by atoms with Crippen LogP contribution >= 0.6 is 11.8 Å². The van der Waals surface area contributed by atoms with Crippen LogP contribution in [-0.2, 0) is 0 Å². The molecule has 1 N–H and O–H groups in total. The van der Waals surface area contributed by atoms with Crippen LogP contribution in [0, 0.1) is 6.92 Å². The molecule has 0 spiro atoms. The maximum absolute atomic E-state index is 5.33. The van der Waals surface area contributed by atoms with Crippen LogP contribution in [0.3, 0.4) is 0 Å². The molecule has 0 amide bonds. The molecule has 7 heteroatoms. The molecule has 1 unspecified atom stereocenters. The van der Waals surface area contributed by atoms with Gasteiger partial charge in [0.1, 0.15) is 11.6 Å². The summed E-state index contributed by atoms with van der Waals surface area (Å²) in [5.74, 6) is 1.72. The molecule has 3 aromatic heterocycles. The first kappa shape index (κ1) is 18.7. The molecule has 30 heavy (non-hydrogen) atoms. The smallest absolute Gasteiger partial charge is 0.190 e. The second kappa shape index (κ2) is 7.50. The Hall–Kier alpha value is -3.32. The first-order valence-corrected chi connectivity index (χ1v) is 10.6. The van der Waals surface area contributed by atoms with Crippen LogP contribution < -0.4 is 4.74 Å². The SMILES string of the molecule is COc1cccc(-c2cnc(C(C)Sc3nc4ccccc4c4cc(C)nn34)[nH]2)c1. The molecule has 0 bridgehead atoms. The molecule has 0 aliphatic rings. The number of aryl methyl sites for hydroxylation is 1. The molecule has 0 aliphatic carbocycles. The van der Waals surface area contributed by atoms with Gasteiger partial charge in [-0.1, -0.05) is 42.1 Å². The topological polar surface area (TPSA) is 68.1 Å². The second-order valence-electron chi connectivity index (χ2n) is 7.17. The Kier molecular flexibility index (Phi) is 4.67. The molecule has 3 heterocycles. The van der Waals surface area contributed by atoms with Crippen LogP contribution in [0.1, 0.15) is 23.7 Å². The number of H-pyrrole nitrogens is 1. The zero-order chi connectivity index (χ0) is 20.7. The third-order valence-corrected chi connectivity index (χ3v) is 6.10. The lowest BCUT2D eigenvalue weighted by atomic mass is 10.1. The van der Waals surface area contributed by atoms with Crippen molar-refractivity contribution in [1.82, 2.24) is 24.6 Å². The average molecular weight is 416 g/mol. The van der Waals surface area contributed by atoms with Crippen LogP contribution in [0.5, 0.6) is 5.75 Å². The van der Waals surface area contributed by atoms with Gasteiger partial charge in [0.15, 0.2) is 5.16 Å². The zero-order valence-corrected chi connectivity index (χ0v) is 17.8. The van der Waals surface area contributed by atoms with Crippen molar-refractivity contribution in [2.24, 2.45) is 0 Å². The molecule has 0 aliphatic heterocycles. The van der Waals surface area contributed by atoms with Gasteiger partial charge in [-0.3, -0.25) is 0 Å². The van der Waals surface area contributed by atoms with E-state index in [9.17, 15) is 0 Å². The minimum atomic E-state index is 0.0747. The standard InChI is InChI=1S/C23H21N5OS/c1-14-11-21-18-9-4-5-10-19(18)26-23(28(21)27-14)30-15(2)22-24-13-20(25-22)16-7-6-8-17(12-16)29-3/h4-13,15H,1-3H3,(H,24,25). The second-order valence-corrected chi connectivity index (χ2v) is 8.48. The average Bonchev–Trinajstić information content (AvgIpc) is 3.41. The van der Waals surface area contributed by atoms with Crippen LogP contribution in [0.15, 0.2) is 66.0 Å². The van der Waals surface area contributed by atoms with Crippen molar-refractivity contribution in [3.63, 3.8) is 0 Å². The Labute approximate surface area is 178 Å². The third kappa shape index (κ3) is 3.31. The summed E-state index contributed by atoms with van der Waals surface area (Å²) < 4.78 is 7.27. The van der Waals surface area contributed by atoms with Gasteiger partial charge in [0.25, 0.3) is 0 Å². The van der Waals surface area contributed by atoms with Gasteiger partial charge in [0, 0.05) is 10.9 Å². The molecule has 5 aromatic rings. The number of aromatic amines is 1. The molecule has 1 atom stereocenters. The number of para-hydroxylation sites is 1. The number of imidazole rings is 1. The highest BCUT2D eigenvalue weighted by Gasteiger charge is 2.17. The number of nitrogens with one attached hydrogen (secondary N) is 1. The first-order chi connectivity index (χ1) is 14.6. The van der Waals surface area contributed by atoms with Crippen LogP contribution in [0.2, 0.25) is 0 Å². The van der Waals surface area contributed by atoms with Gasteiger partial charge in [0.2, 0.25) is 0 Å². The molecular formula is C23H21N5OS. The summed E-state index contributed by atoms with van der Waals surface area (Å²) >= 11 is 1.64. The number of thioether (sulfide) groups is 1. The Morgan fingerprint density at radius 2 is 1.97 bits per heavy atom. The van der Waals surface area contributed by atoms with E-state index in [1.54, 1.807) is 18.9 Å². The quantitative estimate of drug-likeness (QED) is 0.306. The number of benzene rings is 2. The predicted molar refractivity (Wildman–Crippen MR) is 120 cm³/mol. The van der Waals surface area contributed by atoms with Gasteiger partial charge >= 0.3 is 0 Å². The Balaban J connectivity index is 1.49. The van der Waals surface area contributed by atoms with Crippen molar-refractivity contribution in [2.45, 2.75) is 24.3 Å². The molecule has 2 aromatic carbocycles. The number of hydrogen-bond donors (Lipinski definition) is 1. The van der Waals surface area contributed by atoms with E-state index in [4.69, 9.17) is 9.72 Å². The zero-order valence-electron chi connectivity index (χ0n) is 17.0.